The van der Waals surface area contributed by atoms with E-state index in [1.807, 2.05) is 30.3 Å². The van der Waals surface area contributed by atoms with Gasteiger partial charge in [0.2, 0.25) is 5.91 Å². The number of nitrogens with zero attached hydrogens (tertiary/aromatic N) is 1. The van der Waals surface area contributed by atoms with Crippen LogP contribution in [0.15, 0.2) is 30.3 Å². The van der Waals surface area contributed by atoms with E-state index in [1.165, 1.54) is 0 Å². The lowest BCUT2D eigenvalue weighted by atomic mass is 9.81. The maximum atomic E-state index is 12.0. The lowest BCUT2D eigenvalue weighted by Gasteiger charge is -2.38. The van der Waals surface area contributed by atoms with Crippen LogP contribution < -0.4 is 0 Å². The molecule has 2 rings (SSSR count). The highest BCUT2D eigenvalue weighted by molar-refractivity contribution is 6.05. The number of carbonyl (C=O) groups excluding carboxylic acids is 2. The van der Waals surface area contributed by atoms with Gasteiger partial charge in [0, 0.05) is 0 Å². The van der Waals surface area contributed by atoms with Gasteiger partial charge in [-0.15, -0.1) is 0 Å². The summed E-state index contributed by atoms with van der Waals surface area (Å²) in [4.78, 5) is 25.1. The third-order valence-corrected chi connectivity index (χ3v) is 3.26. The normalized spacial score (nSPS) is 18.3. The van der Waals surface area contributed by atoms with Gasteiger partial charge >= 0.3 is 0 Å². The van der Waals surface area contributed by atoms with Gasteiger partial charge in [-0.25, -0.2) is 0 Å². The summed E-state index contributed by atoms with van der Waals surface area (Å²) in [5.74, 6) is -0.0334. The molecule has 1 amide bonds. The Labute approximate surface area is 108 Å². The van der Waals surface area contributed by atoms with Crippen molar-refractivity contribution in [2.45, 2.75) is 33.2 Å². The number of benzene rings is 1. The molecule has 1 aromatic rings. The molecular formula is C15H19NO2. The zero-order chi connectivity index (χ0) is 13.3. The molecule has 1 saturated heterocycles. The number of hydrogen-bond acceptors (Lipinski definition) is 2. The van der Waals surface area contributed by atoms with Crippen LogP contribution in [0, 0.1) is 5.41 Å². The largest absolute Gasteiger partial charge is 0.327 e. The van der Waals surface area contributed by atoms with Crippen molar-refractivity contribution in [2.24, 2.45) is 5.41 Å². The van der Waals surface area contributed by atoms with Gasteiger partial charge in [0.05, 0.1) is 19.0 Å². The van der Waals surface area contributed by atoms with Gasteiger partial charge in [-0.3, -0.25) is 9.59 Å². The minimum Gasteiger partial charge on any atom is -0.327 e. The first-order valence-electron chi connectivity index (χ1n) is 6.25. The van der Waals surface area contributed by atoms with Gasteiger partial charge in [0.15, 0.2) is 5.78 Å². The van der Waals surface area contributed by atoms with Crippen LogP contribution in [-0.2, 0) is 9.59 Å². The molecule has 0 saturated carbocycles. The van der Waals surface area contributed by atoms with Crippen LogP contribution in [0.1, 0.15) is 38.8 Å². The lowest BCUT2D eigenvalue weighted by molar-refractivity contribution is -0.132. The predicted molar refractivity (Wildman–Crippen MR) is 70.0 cm³/mol. The molecule has 3 heteroatoms. The second-order valence-corrected chi connectivity index (χ2v) is 5.92. The van der Waals surface area contributed by atoms with Crippen molar-refractivity contribution in [2.75, 3.05) is 6.54 Å². The summed E-state index contributed by atoms with van der Waals surface area (Å²) in [5, 5.41) is 0. The van der Waals surface area contributed by atoms with Crippen LogP contribution in [0.5, 0.6) is 0 Å². The van der Waals surface area contributed by atoms with E-state index < -0.39 is 0 Å². The number of ketones is 1. The van der Waals surface area contributed by atoms with Gasteiger partial charge < -0.3 is 4.90 Å². The number of amides is 1. The average molecular weight is 245 g/mol. The first-order valence-corrected chi connectivity index (χ1v) is 6.25. The highest BCUT2D eigenvalue weighted by Gasteiger charge is 2.39. The molecule has 0 aromatic heterocycles. The van der Waals surface area contributed by atoms with Gasteiger partial charge in [0.25, 0.3) is 0 Å². The Balaban J connectivity index is 2.39. The van der Waals surface area contributed by atoms with Crippen molar-refractivity contribution in [3.8, 4) is 0 Å². The first kappa shape index (κ1) is 12.8. The molecule has 0 aliphatic carbocycles. The Kier molecular flexibility index (Phi) is 3.24. The summed E-state index contributed by atoms with van der Waals surface area (Å²) in [6.45, 7) is 6.54. The van der Waals surface area contributed by atoms with Crippen LogP contribution in [0.3, 0.4) is 0 Å². The van der Waals surface area contributed by atoms with Crippen molar-refractivity contribution in [3.05, 3.63) is 35.9 Å². The quantitative estimate of drug-likeness (QED) is 0.751. The monoisotopic (exact) mass is 245 g/mol. The maximum Gasteiger partial charge on any atom is 0.231 e. The molecular weight excluding hydrogens is 226 g/mol. The molecule has 0 bridgehead atoms. The van der Waals surface area contributed by atoms with E-state index >= 15 is 0 Å². The topological polar surface area (TPSA) is 37.4 Å². The first-order chi connectivity index (χ1) is 8.39. The standard InChI is InChI=1S/C15H19NO2/c1-15(2,3)14(11-7-5-4-6-8-11)16-10-12(17)9-13(16)18/h4-8,14H,9-10H2,1-3H3. The van der Waals surface area contributed by atoms with E-state index in [0.29, 0.717) is 0 Å². The second-order valence-electron chi connectivity index (χ2n) is 5.92. The Morgan fingerprint density at radius 3 is 2.17 bits per heavy atom. The Morgan fingerprint density at radius 2 is 1.72 bits per heavy atom. The molecule has 18 heavy (non-hydrogen) atoms. The summed E-state index contributed by atoms with van der Waals surface area (Å²) >= 11 is 0. The molecule has 1 aromatic carbocycles. The number of Topliss-reactive ketones (excluding diaryl/α,β-unsaturated/α-hetero) is 1. The number of carbonyl (C=O) groups is 2. The van der Waals surface area contributed by atoms with Crippen LogP contribution >= 0.6 is 0 Å². The Hall–Kier alpha value is -1.64. The fourth-order valence-electron chi connectivity index (χ4n) is 2.62. The molecule has 3 nitrogen and oxygen atoms in total. The van der Waals surface area contributed by atoms with Gasteiger partial charge in [-0.1, -0.05) is 51.1 Å². The van der Waals surface area contributed by atoms with E-state index in [-0.39, 0.29) is 36.1 Å². The zero-order valence-electron chi connectivity index (χ0n) is 11.1. The number of hydrogen-bond donors (Lipinski definition) is 0. The van der Waals surface area contributed by atoms with Crippen LogP contribution in [-0.4, -0.2) is 23.1 Å². The molecule has 1 unspecified atom stereocenters. The lowest BCUT2D eigenvalue weighted by Crippen LogP contribution is -2.38. The SMILES string of the molecule is CC(C)(C)C(c1ccccc1)N1CC(=O)CC1=O. The highest BCUT2D eigenvalue weighted by Crippen LogP contribution is 2.39. The van der Waals surface area contributed by atoms with Crippen LogP contribution in [0.4, 0.5) is 0 Å². The molecule has 0 spiro atoms. The Bertz CT molecular complexity index is 459. The van der Waals surface area contributed by atoms with Crippen molar-refractivity contribution >= 4 is 11.7 Å². The van der Waals surface area contributed by atoms with Crippen molar-refractivity contribution in [3.63, 3.8) is 0 Å². The summed E-state index contributed by atoms with van der Waals surface area (Å²) < 4.78 is 0. The third kappa shape index (κ3) is 2.45. The van der Waals surface area contributed by atoms with Crippen LogP contribution in [0.25, 0.3) is 0 Å². The minimum atomic E-state index is -0.0956. The molecule has 1 atom stereocenters. The van der Waals surface area contributed by atoms with E-state index in [4.69, 9.17) is 0 Å². The average Bonchev–Trinajstić information content (AvgIpc) is 2.58. The van der Waals surface area contributed by atoms with E-state index in [0.717, 1.165) is 5.56 Å². The molecule has 96 valence electrons. The molecule has 1 aliphatic heterocycles. The fourth-order valence-corrected chi connectivity index (χ4v) is 2.62. The summed E-state index contributed by atoms with van der Waals surface area (Å²) in [7, 11) is 0. The fraction of sp³-hybridized carbons (Fsp3) is 0.467. The van der Waals surface area contributed by atoms with Crippen molar-refractivity contribution in [1.29, 1.82) is 0 Å². The third-order valence-electron chi connectivity index (χ3n) is 3.26. The second kappa shape index (κ2) is 4.56. The summed E-state index contributed by atoms with van der Waals surface area (Å²) in [5.41, 5.74) is 0.995. The number of rotatable bonds is 2. The molecule has 1 fully saturated rings. The highest BCUT2D eigenvalue weighted by atomic mass is 16.2. The number of likely N-dealkylation sites (tertiary alicyclic amines) is 1. The van der Waals surface area contributed by atoms with E-state index in [9.17, 15) is 9.59 Å². The minimum absolute atomic E-state index is 0.0187. The van der Waals surface area contributed by atoms with Gasteiger partial charge in [-0.2, -0.15) is 0 Å². The van der Waals surface area contributed by atoms with Crippen molar-refractivity contribution in [1.82, 2.24) is 4.90 Å². The summed E-state index contributed by atoms with van der Waals surface area (Å²) in [6, 6.07) is 9.89. The van der Waals surface area contributed by atoms with Gasteiger partial charge in [-0.05, 0) is 11.0 Å². The summed E-state index contributed by atoms with van der Waals surface area (Å²) in [6.07, 6.45) is 0.0550. The molecule has 1 heterocycles. The zero-order valence-corrected chi connectivity index (χ0v) is 11.1. The Morgan fingerprint density at radius 1 is 1.11 bits per heavy atom. The van der Waals surface area contributed by atoms with Gasteiger partial charge in [0.1, 0.15) is 0 Å². The maximum absolute atomic E-state index is 12.0. The predicted octanol–water partition coefficient (Wildman–Crippen LogP) is 2.58. The molecule has 1 aliphatic rings. The molecule has 0 radical (unpaired) electrons. The van der Waals surface area contributed by atoms with E-state index in [2.05, 4.69) is 20.8 Å². The van der Waals surface area contributed by atoms with E-state index in [1.54, 1.807) is 4.90 Å². The smallest absolute Gasteiger partial charge is 0.231 e. The van der Waals surface area contributed by atoms with Crippen LogP contribution in [0.2, 0.25) is 0 Å². The van der Waals surface area contributed by atoms with Crippen molar-refractivity contribution < 1.29 is 9.59 Å². The molecule has 0 N–H and O–H groups in total.